The second-order valence-corrected chi connectivity index (χ2v) is 8.65. The van der Waals surface area contributed by atoms with Crippen molar-refractivity contribution in [1.82, 2.24) is 20.5 Å². The number of rotatable bonds is 6. The van der Waals surface area contributed by atoms with Crippen molar-refractivity contribution in [1.29, 1.82) is 0 Å². The Morgan fingerprint density at radius 3 is 2.70 bits per heavy atom. The van der Waals surface area contributed by atoms with Gasteiger partial charge in [0, 0.05) is 50.6 Å². The molecule has 4 rings (SSSR count). The predicted molar refractivity (Wildman–Crippen MR) is 137 cm³/mol. The van der Waals surface area contributed by atoms with E-state index in [4.69, 9.17) is 4.42 Å². The largest absolute Gasteiger partial charge is 0.444 e. The number of aliphatic imine (C=N–C) groups is 1. The van der Waals surface area contributed by atoms with E-state index >= 15 is 0 Å². The molecule has 2 N–H and O–H groups in total. The van der Waals surface area contributed by atoms with Gasteiger partial charge in [0.05, 0.1) is 5.69 Å². The van der Waals surface area contributed by atoms with Gasteiger partial charge in [-0.05, 0) is 43.5 Å². The molecular formula is C24H33FIN5O2. The van der Waals surface area contributed by atoms with Gasteiger partial charge >= 0.3 is 0 Å². The van der Waals surface area contributed by atoms with Crippen molar-refractivity contribution >= 4 is 35.8 Å². The molecule has 2 fully saturated rings. The highest BCUT2D eigenvalue weighted by Crippen LogP contribution is 2.26. The van der Waals surface area contributed by atoms with Crippen molar-refractivity contribution in [3.05, 3.63) is 42.0 Å². The van der Waals surface area contributed by atoms with Crippen LogP contribution in [0.4, 0.5) is 4.39 Å². The number of hydrogen-bond donors (Lipinski definition) is 2. The number of carbonyl (C=O) groups is 1. The van der Waals surface area contributed by atoms with Crippen LogP contribution in [0, 0.1) is 11.7 Å². The van der Waals surface area contributed by atoms with Crippen LogP contribution in [0.1, 0.15) is 44.2 Å². The van der Waals surface area contributed by atoms with Gasteiger partial charge in [0.15, 0.2) is 5.96 Å². The Morgan fingerprint density at radius 2 is 1.97 bits per heavy atom. The summed E-state index contributed by atoms with van der Waals surface area (Å²) in [6.07, 6.45) is 8.94. The van der Waals surface area contributed by atoms with E-state index in [2.05, 4.69) is 20.6 Å². The maximum Gasteiger partial charge on any atom is 0.226 e. The second kappa shape index (κ2) is 12.3. The molecule has 1 saturated heterocycles. The summed E-state index contributed by atoms with van der Waals surface area (Å²) in [5.41, 5.74) is 1.56. The predicted octanol–water partition coefficient (Wildman–Crippen LogP) is 3.99. The topological polar surface area (TPSA) is 82.8 Å². The number of hydrogen-bond acceptors (Lipinski definition) is 4. The summed E-state index contributed by atoms with van der Waals surface area (Å²) in [5.74, 6) is 1.48. The lowest BCUT2D eigenvalue weighted by Gasteiger charge is -2.26. The van der Waals surface area contributed by atoms with Gasteiger partial charge < -0.3 is 20.0 Å². The van der Waals surface area contributed by atoms with E-state index in [1.54, 1.807) is 25.4 Å². The van der Waals surface area contributed by atoms with Crippen LogP contribution in [0.2, 0.25) is 0 Å². The van der Waals surface area contributed by atoms with Gasteiger partial charge in [0.1, 0.15) is 12.1 Å². The first-order valence-electron chi connectivity index (χ1n) is 11.6. The molecule has 0 radical (unpaired) electrons. The third-order valence-corrected chi connectivity index (χ3v) is 6.34. The molecule has 2 aliphatic rings. The van der Waals surface area contributed by atoms with Crippen molar-refractivity contribution in [2.45, 2.75) is 51.0 Å². The van der Waals surface area contributed by atoms with E-state index in [1.165, 1.54) is 31.4 Å². The second-order valence-electron chi connectivity index (χ2n) is 8.65. The monoisotopic (exact) mass is 569 g/mol. The minimum absolute atomic E-state index is 0. The van der Waals surface area contributed by atoms with Crippen LogP contribution >= 0.6 is 24.0 Å². The number of carbonyl (C=O) groups excluding carboxylic acids is 1. The number of halogens is 2. The first kappa shape index (κ1) is 25.5. The molecule has 1 atom stereocenters. The number of oxazole rings is 1. The van der Waals surface area contributed by atoms with Gasteiger partial charge in [-0.1, -0.05) is 19.3 Å². The number of nitrogens with one attached hydrogen (secondary N) is 2. The molecule has 9 heteroatoms. The molecule has 0 bridgehead atoms. The van der Waals surface area contributed by atoms with Crippen LogP contribution in [-0.4, -0.2) is 54.5 Å². The van der Waals surface area contributed by atoms with Gasteiger partial charge in [-0.2, -0.15) is 0 Å². The van der Waals surface area contributed by atoms with Crippen LogP contribution < -0.4 is 10.6 Å². The van der Waals surface area contributed by atoms with Crippen molar-refractivity contribution in [2.24, 2.45) is 10.9 Å². The summed E-state index contributed by atoms with van der Waals surface area (Å²) in [7, 11) is 1.75. The summed E-state index contributed by atoms with van der Waals surface area (Å²) in [6.45, 7) is 2.20. The molecule has 1 aliphatic heterocycles. The Kier molecular flexibility index (Phi) is 9.52. The van der Waals surface area contributed by atoms with Crippen LogP contribution in [0.3, 0.4) is 0 Å². The lowest BCUT2D eigenvalue weighted by Crippen LogP contribution is -2.46. The highest BCUT2D eigenvalue weighted by molar-refractivity contribution is 14.0. The Morgan fingerprint density at radius 1 is 1.21 bits per heavy atom. The minimum Gasteiger partial charge on any atom is -0.444 e. The molecule has 1 unspecified atom stereocenters. The standard InChI is InChI=1S/C24H32FN5O2.HI/c1-26-24(29-20-12-14-30(15-20)23(31)18-5-3-2-4-6-18)27-13-11-21-16-32-22(28-21)17-7-9-19(25)10-8-17;/h7-10,16,18,20H,2-6,11-15H2,1H3,(H2,26,27,29);1H. The van der Waals surface area contributed by atoms with Crippen LogP contribution in [-0.2, 0) is 11.2 Å². The van der Waals surface area contributed by atoms with Crippen molar-refractivity contribution in [3.8, 4) is 11.5 Å². The van der Waals surface area contributed by atoms with Gasteiger partial charge in [0.2, 0.25) is 11.8 Å². The smallest absolute Gasteiger partial charge is 0.226 e. The van der Waals surface area contributed by atoms with Crippen LogP contribution in [0.15, 0.2) is 39.9 Å². The third kappa shape index (κ3) is 6.91. The van der Waals surface area contributed by atoms with E-state index in [0.717, 1.165) is 49.6 Å². The van der Waals surface area contributed by atoms with Gasteiger partial charge in [-0.15, -0.1) is 24.0 Å². The highest BCUT2D eigenvalue weighted by Gasteiger charge is 2.31. The third-order valence-electron chi connectivity index (χ3n) is 6.34. The number of amides is 1. The zero-order chi connectivity index (χ0) is 22.3. The summed E-state index contributed by atoms with van der Waals surface area (Å²) in [6, 6.07) is 6.30. The van der Waals surface area contributed by atoms with Crippen LogP contribution in [0.5, 0.6) is 0 Å². The molecule has 1 saturated carbocycles. The van der Waals surface area contributed by atoms with Gasteiger partial charge in [-0.3, -0.25) is 9.79 Å². The molecule has 7 nitrogen and oxygen atoms in total. The quantitative estimate of drug-likeness (QED) is 0.313. The number of likely N-dealkylation sites (tertiary alicyclic amines) is 1. The summed E-state index contributed by atoms with van der Waals surface area (Å²) in [5, 5.41) is 6.75. The number of aromatic nitrogens is 1. The molecular weight excluding hydrogens is 536 g/mol. The fraction of sp³-hybridized carbons (Fsp3) is 0.542. The Balaban J connectivity index is 0.00000306. The normalized spacial score (nSPS) is 19.3. The van der Waals surface area contributed by atoms with E-state index in [0.29, 0.717) is 24.8 Å². The van der Waals surface area contributed by atoms with Crippen molar-refractivity contribution in [2.75, 3.05) is 26.7 Å². The molecule has 1 amide bonds. The molecule has 1 aliphatic carbocycles. The van der Waals surface area contributed by atoms with E-state index in [-0.39, 0.29) is 41.8 Å². The van der Waals surface area contributed by atoms with Gasteiger partial charge in [0.25, 0.3) is 0 Å². The molecule has 2 heterocycles. The molecule has 0 spiro atoms. The first-order valence-corrected chi connectivity index (χ1v) is 11.6. The number of nitrogens with zero attached hydrogens (tertiary/aromatic N) is 3. The van der Waals surface area contributed by atoms with Crippen LogP contribution in [0.25, 0.3) is 11.5 Å². The molecule has 2 aromatic rings. The van der Waals surface area contributed by atoms with Crippen molar-refractivity contribution < 1.29 is 13.6 Å². The molecule has 33 heavy (non-hydrogen) atoms. The highest BCUT2D eigenvalue weighted by atomic mass is 127. The zero-order valence-corrected chi connectivity index (χ0v) is 21.4. The van der Waals surface area contributed by atoms with E-state index < -0.39 is 0 Å². The van der Waals surface area contributed by atoms with E-state index in [1.807, 2.05) is 4.90 Å². The average molecular weight is 569 g/mol. The molecule has 1 aromatic carbocycles. The minimum atomic E-state index is -0.285. The number of benzene rings is 1. The average Bonchev–Trinajstić information content (AvgIpc) is 3.49. The first-order chi connectivity index (χ1) is 15.6. The molecule has 1 aromatic heterocycles. The summed E-state index contributed by atoms with van der Waals surface area (Å²) in [4.78, 5) is 23.6. The van der Waals surface area contributed by atoms with E-state index in [9.17, 15) is 9.18 Å². The summed E-state index contributed by atoms with van der Waals surface area (Å²) >= 11 is 0. The lowest BCUT2D eigenvalue weighted by molar-refractivity contribution is -0.135. The Bertz CT molecular complexity index is 927. The maximum atomic E-state index is 13.1. The SMILES string of the molecule is CN=C(NCCc1coc(-c2ccc(F)cc2)n1)NC1CCN(C(=O)C2CCCCC2)C1.I. The summed E-state index contributed by atoms with van der Waals surface area (Å²) < 4.78 is 18.6. The lowest BCUT2D eigenvalue weighted by atomic mass is 9.88. The molecule has 180 valence electrons. The Hall–Kier alpha value is -2.17. The van der Waals surface area contributed by atoms with Crippen molar-refractivity contribution in [3.63, 3.8) is 0 Å². The Labute approximate surface area is 211 Å². The fourth-order valence-corrected chi connectivity index (χ4v) is 4.53. The fourth-order valence-electron chi connectivity index (χ4n) is 4.53. The van der Waals surface area contributed by atoms with Gasteiger partial charge in [-0.25, -0.2) is 9.37 Å². The maximum absolute atomic E-state index is 13.1. The number of guanidine groups is 1. The zero-order valence-electron chi connectivity index (χ0n) is 19.1.